The van der Waals surface area contributed by atoms with Gasteiger partial charge in [-0.05, 0) is 38.7 Å². The van der Waals surface area contributed by atoms with E-state index in [1.54, 1.807) is 0 Å². The molecule has 0 unspecified atom stereocenters. The van der Waals surface area contributed by atoms with Crippen molar-refractivity contribution in [1.29, 1.82) is 0 Å². The highest BCUT2D eigenvalue weighted by Crippen LogP contribution is 2.27. The lowest BCUT2D eigenvalue weighted by atomic mass is 9.98. The summed E-state index contributed by atoms with van der Waals surface area (Å²) in [6.07, 6.45) is 3.23. The molecule has 3 aromatic rings. The molecule has 1 aromatic carbocycles. The molecule has 4 rings (SSSR count). The molecule has 7 nitrogen and oxygen atoms in total. The lowest BCUT2D eigenvalue weighted by Gasteiger charge is -2.34. The molecule has 168 valence electrons. The number of carbonyl (C=O) groups is 2. The monoisotopic (exact) mass is 434 g/mol. The molecule has 1 saturated heterocycles. The Balaban J connectivity index is 1.51. The predicted octanol–water partition coefficient (Wildman–Crippen LogP) is 4.36. The van der Waals surface area contributed by atoms with Gasteiger partial charge in [-0.3, -0.25) is 9.59 Å². The van der Waals surface area contributed by atoms with E-state index in [0.717, 1.165) is 31.2 Å². The Morgan fingerprint density at radius 1 is 1.16 bits per heavy atom. The van der Waals surface area contributed by atoms with Crippen molar-refractivity contribution in [3.05, 3.63) is 47.7 Å². The molecule has 2 amide bonds. The molecular weight excluding hydrogens is 404 g/mol. The van der Waals surface area contributed by atoms with Gasteiger partial charge in [0.1, 0.15) is 0 Å². The number of amides is 2. The number of fused-ring (bicyclic) bond motifs is 1. The van der Waals surface area contributed by atoms with Crippen molar-refractivity contribution in [2.45, 2.75) is 52.5 Å². The van der Waals surface area contributed by atoms with Crippen LogP contribution >= 0.6 is 0 Å². The van der Waals surface area contributed by atoms with E-state index in [4.69, 9.17) is 4.52 Å². The molecule has 1 aliphatic heterocycles. The van der Waals surface area contributed by atoms with Gasteiger partial charge < -0.3 is 14.7 Å². The van der Waals surface area contributed by atoms with Crippen LogP contribution in [0.2, 0.25) is 0 Å². The summed E-state index contributed by atoms with van der Waals surface area (Å²) in [5.74, 6) is 0.174. The van der Waals surface area contributed by atoms with Crippen LogP contribution in [-0.4, -0.2) is 46.0 Å². The van der Waals surface area contributed by atoms with Crippen LogP contribution < -0.4 is 5.32 Å². The Kier molecular flexibility index (Phi) is 6.53. The first-order valence-electron chi connectivity index (χ1n) is 11.4. The molecular formula is C25H30N4O3. The Bertz CT molecular complexity index is 1100. The first kappa shape index (κ1) is 22.0. The van der Waals surface area contributed by atoms with Crippen molar-refractivity contribution in [1.82, 2.24) is 20.4 Å². The highest BCUT2D eigenvalue weighted by Gasteiger charge is 2.28. The summed E-state index contributed by atoms with van der Waals surface area (Å²) in [4.78, 5) is 32.5. The summed E-state index contributed by atoms with van der Waals surface area (Å²) in [5.41, 5.74) is 3.10. The first-order chi connectivity index (χ1) is 15.5. The van der Waals surface area contributed by atoms with Crippen molar-refractivity contribution in [3.63, 3.8) is 0 Å². The average molecular weight is 435 g/mol. The standard InChI is InChI=1S/C25H30N4O3/c1-4-17(5-2)25(31)29-13-11-19(12-14-29)26-23(30)20-15-21(18-9-7-6-8-10-18)27-24-22(20)16(3)28-32-24/h6-10,15,17,19H,4-5,11-14H2,1-3H3,(H,26,30). The number of pyridine rings is 1. The maximum atomic E-state index is 13.3. The fourth-order valence-electron chi connectivity index (χ4n) is 4.43. The van der Waals surface area contributed by atoms with E-state index >= 15 is 0 Å². The van der Waals surface area contributed by atoms with Crippen LogP contribution in [0.4, 0.5) is 0 Å². The lowest BCUT2D eigenvalue weighted by molar-refractivity contribution is -0.136. The Labute approximate surface area is 188 Å². The minimum absolute atomic E-state index is 0.0248. The topological polar surface area (TPSA) is 88.3 Å². The minimum atomic E-state index is -0.161. The van der Waals surface area contributed by atoms with Crippen LogP contribution in [0.5, 0.6) is 0 Å². The number of hydrogen-bond acceptors (Lipinski definition) is 5. The number of benzene rings is 1. The number of piperidine rings is 1. The van der Waals surface area contributed by atoms with Gasteiger partial charge in [0, 0.05) is 30.6 Å². The second-order valence-electron chi connectivity index (χ2n) is 8.46. The minimum Gasteiger partial charge on any atom is -0.349 e. The molecule has 0 bridgehead atoms. The maximum absolute atomic E-state index is 13.3. The van der Waals surface area contributed by atoms with Crippen LogP contribution in [0.3, 0.4) is 0 Å². The van der Waals surface area contributed by atoms with Crippen molar-refractivity contribution < 1.29 is 14.1 Å². The lowest BCUT2D eigenvalue weighted by Crippen LogP contribution is -2.48. The van der Waals surface area contributed by atoms with Gasteiger partial charge in [-0.1, -0.05) is 49.3 Å². The molecule has 0 aliphatic carbocycles. The van der Waals surface area contributed by atoms with Crippen molar-refractivity contribution >= 4 is 22.9 Å². The summed E-state index contributed by atoms with van der Waals surface area (Å²) in [6, 6.07) is 11.5. The van der Waals surface area contributed by atoms with Crippen molar-refractivity contribution in [2.24, 2.45) is 5.92 Å². The average Bonchev–Trinajstić information content (AvgIpc) is 3.21. The van der Waals surface area contributed by atoms with E-state index in [-0.39, 0.29) is 23.8 Å². The zero-order valence-electron chi connectivity index (χ0n) is 18.9. The van der Waals surface area contributed by atoms with Gasteiger partial charge >= 0.3 is 0 Å². The summed E-state index contributed by atoms with van der Waals surface area (Å²) in [7, 11) is 0. The molecule has 0 radical (unpaired) electrons. The zero-order valence-corrected chi connectivity index (χ0v) is 18.9. The second kappa shape index (κ2) is 9.51. The molecule has 2 aromatic heterocycles. The Morgan fingerprint density at radius 3 is 2.50 bits per heavy atom. The first-order valence-corrected chi connectivity index (χ1v) is 11.4. The van der Waals surface area contributed by atoms with Gasteiger partial charge in [0.05, 0.1) is 22.3 Å². The molecule has 1 N–H and O–H groups in total. The predicted molar refractivity (Wildman–Crippen MR) is 123 cm³/mol. The summed E-state index contributed by atoms with van der Waals surface area (Å²) in [6.45, 7) is 7.28. The normalized spacial score (nSPS) is 14.8. The van der Waals surface area contributed by atoms with Gasteiger partial charge in [-0.15, -0.1) is 0 Å². The number of nitrogens with zero attached hydrogens (tertiary/aromatic N) is 3. The van der Waals surface area contributed by atoms with Crippen LogP contribution in [0.25, 0.3) is 22.4 Å². The molecule has 7 heteroatoms. The number of carbonyl (C=O) groups excluding carboxylic acids is 2. The number of aryl methyl sites for hydroxylation is 1. The zero-order chi connectivity index (χ0) is 22.7. The Morgan fingerprint density at radius 2 is 1.84 bits per heavy atom. The third-order valence-corrected chi connectivity index (χ3v) is 6.41. The number of hydrogen-bond donors (Lipinski definition) is 1. The highest BCUT2D eigenvalue weighted by molar-refractivity contribution is 6.07. The fraction of sp³-hybridized carbons (Fsp3) is 0.440. The van der Waals surface area contributed by atoms with Crippen LogP contribution in [0.15, 0.2) is 40.9 Å². The van der Waals surface area contributed by atoms with Crippen LogP contribution in [0.1, 0.15) is 55.6 Å². The van der Waals surface area contributed by atoms with E-state index in [1.165, 1.54) is 0 Å². The summed E-state index contributed by atoms with van der Waals surface area (Å²) in [5, 5.41) is 7.83. The van der Waals surface area contributed by atoms with Crippen molar-refractivity contribution in [2.75, 3.05) is 13.1 Å². The van der Waals surface area contributed by atoms with Crippen LogP contribution in [0, 0.1) is 12.8 Å². The number of likely N-dealkylation sites (tertiary alicyclic amines) is 1. The quantitative estimate of drug-likeness (QED) is 0.623. The second-order valence-corrected chi connectivity index (χ2v) is 8.46. The van der Waals surface area contributed by atoms with E-state index in [2.05, 4.69) is 29.3 Å². The molecule has 0 spiro atoms. The third-order valence-electron chi connectivity index (χ3n) is 6.41. The largest absolute Gasteiger partial charge is 0.349 e. The van der Waals surface area contributed by atoms with Gasteiger partial charge in [-0.2, -0.15) is 0 Å². The highest BCUT2D eigenvalue weighted by atomic mass is 16.5. The summed E-state index contributed by atoms with van der Waals surface area (Å²) >= 11 is 0. The number of aromatic nitrogens is 2. The molecule has 1 aliphatic rings. The molecule has 1 fully saturated rings. The van der Waals surface area contributed by atoms with Gasteiger partial charge in [0.25, 0.3) is 11.6 Å². The SMILES string of the molecule is CCC(CC)C(=O)N1CCC(NC(=O)c2cc(-c3ccccc3)nc3onc(C)c23)CC1. The molecule has 0 saturated carbocycles. The summed E-state index contributed by atoms with van der Waals surface area (Å²) < 4.78 is 5.39. The smallest absolute Gasteiger partial charge is 0.259 e. The van der Waals surface area contributed by atoms with E-state index < -0.39 is 0 Å². The van der Waals surface area contributed by atoms with Crippen molar-refractivity contribution in [3.8, 4) is 11.3 Å². The van der Waals surface area contributed by atoms with Gasteiger partial charge in [0.2, 0.25) is 5.91 Å². The molecule has 32 heavy (non-hydrogen) atoms. The molecule has 0 atom stereocenters. The van der Waals surface area contributed by atoms with E-state index in [0.29, 0.717) is 41.1 Å². The fourth-order valence-corrected chi connectivity index (χ4v) is 4.43. The number of nitrogens with one attached hydrogen (secondary N) is 1. The third kappa shape index (κ3) is 4.38. The van der Waals surface area contributed by atoms with E-state index in [9.17, 15) is 9.59 Å². The van der Waals surface area contributed by atoms with Gasteiger partial charge in [-0.25, -0.2) is 4.98 Å². The van der Waals surface area contributed by atoms with Gasteiger partial charge in [0.15, 0.2) is 0 Å². The maximum Gasteiger partial charge on any atom is 0.259 e. The molecule has 3 heterocycles. The van der Waals surface area contributed by atoms with E-state index in [1.807, 2.05) is 48.2 Å². The van der Waals surface area contributed by atoms with Crippen LogP contribution in [-0.2, 0) is 4.79 Å². The number of rotatable bonds is 6. The Hall–Kier alpha value is -3.22.